The Bertz CT molecular complexity index is 1170. The molecule has 1 atom stereocenters. The molecule has 2 aromatic rings. The Balaban J connectivity index is 2.11. The number of carbonyl (C=O) groups excluding carboxylic acids is 2. The molecule has 0 fully saturated rings. The van der Waals surface area contributed by atoms with Gasteiger partial charge in [-0.25, -0.2) is 4.85 Å². The van der Waals surface area contributed by atoms with Crippen LogP contribution in [0.1, 0.15) is 103 Å². The Morgan fingerprint density at radius 3 is 1.81 bits per heavy atom. The number of fused-ring (bicyclic) bond motifs is 4. The number of benzene rings is 2. The summed E-state index contributed by atoms with van der Waals surface area (Å²) in [6.07, 6.45) is 1.65. The molecule has 2 aliphatic rings. The van der Waals surface area contributed by atoms with Crippen LogP contribution in [-0.4, -0.2) is 11.6 Å². The van der Waals surface area contributed by atoms with E-state index in [1.165, 1.54) is 13.8 Å². The van der Waals surface area contributed by atoms with Gasteiger partial charge in [0, 0.05) is 16.5 Å². The van der Waals surface area contributed by atoms with Crippen molar-refractivity contribution in [2.45, 2.75) is 70.6 Å². The average Bonchev–Trinajstić information content (AvgIpc) is 3.05. The summed E-state index contributed by atoms with van der Waals surface area (Å²) in [7, 11) is 0. The first kappa shape index (κ1) is 21.0. The van der Waals surface area contributed by atoms with Crippen molar-refractivity contribution in [1.29, 1.82) is 5.26 Å². The molecule has 156 valence electrons. The average molecular weight is 411 g/mol. The number of Topliss-reactive ketones (excluding diaryl/α,β-unsaturated/α-hetero) is 2. The first-order valence-electron chi connectivity index (χ1n) is 10.6. The van der Waals surface area contributed by atoms with Crippen molar-refractivity contribution >= 4 is 17.3 Å². The van der Waals surface area contributed by atoms with E-state index < -0.39 is 0 Å². The molecule has 0 saturated carbocycles. The molecule has 0 aromatic heterocycles. The lowest BCUT2D eigenvalue weighted by Gasteiger charge is -2.31. The van der Waals surface area contributed by atoms with Crippen LogP contribution in [0.25, 0.3) is 4.85 Å². The van der Waals surface area contributed by atoms with Gasteiger partial charge in [-0.1, -0.05) is 39.8 Å². The molecule has 4 nitrogen and oxygen atoms in total. The van der Waals surface area contributed by atoms with Gasteiger partial charge >= 0.3 is 0 Å². The summed E-state index contributed by atoms with van der Waals surface area (Å²) < 4.78 is 0. The lowest BCUT2D eigenvalue weighted by molar-refractivity contribution is 0.100. The molecule has 0 saturated heterocycles. The minimum Gasteiger partial charge on any atom is -0.296 e. The van der Waals surface area contributed by atoms with E-state index >= 15 is 0 Å². The standard InChI is InChI=1S/C27H26N2O2/c1-15(30)18-9-22-20(8-17(18)12-28)25(3,4)13-27(22)14-26(5,6)21-11-24(29-7)19(16(2)31)10-23(21)27/h8-11H,13-14H2,1-6H3. The Labute approximate surface area is 183 Å². The van der Waals surface area contributed by atoms with Gasteiger partial charge in [-0.2, -0.15) is 5.26 Å². The third-order valence-electron chi connectivity index (χ3n) is 7.27. The van der Waals surface area contributed by atoms with E-state index in [9.17, 15) is 14.9 Å². The predicted molar refractivity (Wildman–Crippen MR) is 120 cm³/mol. The third kappa shape index (κ3) is 2.78. The lowest BCUT2D eigenvalue weighted by Crippen LogP contribution is -2.27. The zero-order valence-electron chi connectivity index (χ0n) is 18.9. The summed E-state index contributed by atoms with van der Waals surface area (Å²) in [4.78, 5) is 28.4. The molecule has 2 aliphatic carbocycles. The summed E-state index contributed by atoms with van der Waals surface area (Å²) >= 11 is 0. The molecule has 31 heavy (non-hydrogen) atoms. The first-order chi connectivity index (χ1) is 14.4. The van der Waals surface area contributed by atoms with E-state index in [1.807, 2.05) is 24.3 Å². The van der Waals surface area contributed by atoms with E-state index in [0.717, 1.165) is 35.1 Å². The van der Waals surface area contributed by atoms with Crippen LogP contribution >= 0.6 is 0 Å². The number of nitriles is 1. The molecule has 4 rings (SSSR count). The van der Waals surface area contributed by atoms with E-state index in [1.54, 1.807) is 0 Å². The maximum absolute atomic E-state index is 12.4. The van der Waals surface area contributed by atoms with Crippen LogP contribution in [-0.2, 0) is 16.2 Å². The van der Waals surface area contributed by atoms with Crippen LogP contribution in [0.4, 0.5) is 5.69 Å². The SMILES string of the molecule is [C-]#[N+]c1cc2c(cc1C(C)=O)C1(CC(C)(C)c3cc(C#N)c(C(C)=O)cc31)CC2(C)C. The monoisotopic (exact) mass is 410 g/mol. The molecule has 0 radical (unpaired) electrons. The highest BCUT2D eigenvalue weighted by atomic mass is 16.1. The van der Waals surface area contributed by atoms with Gasteiger partial charge in [-0.3, -0.25) is 9.59 Å². The quantitative estimate of drug-likeness (QED) is 0.440. The third-order valence-corrected chi connectivity index (χ3v) is 7.27. The maximum atomic E-state index is 12.4. The smallest absolute Gasteiger partial charge is 0.198 e. The van der Waals surface area contributed by atoms with Crippen molar-refractivity contribution in [3.05, 3.63) is 74.6 Å². The summed E-state index contributed by atoms with van der Waals surface area (Å²) in [5, 5.41) is 9.65. The van der Waals surface area contributed by atoms with Gasteiger partial charge in [0.25, 0.3) is 0 Å². The minimum atomic E-state index is -0.361. The largest absolute Gasteiger partial charge is 0.296 e. The normalized spacial score (nSPS) is 21.8. The zero-order valence-corrected chi connectivity index (χ0v) is 18.9. The second-order valence-electron chi connectivity index (χ2n) is 10.4. The van der Waals surface area contributed by atoms with Crippen molar-refractivity contribution in [2.24, 2.45) is 0 Å². The van der Waals surface area contributed by atoms with Gasteiger partial charge in [-0.15, -0.1) is 0 Å². The van der Waals surface area contributed by atoms with Crippen LogP contribution in [0.2, 0.25) is 0 Å². The second-order valence-corrected chi connectivity index (χ2v) is 10.4. The summed E-state index contributed by atoms with van der Waals surface area (Å²) in [5.41, 5.74) is 5.35. The van der Waals surface area contributed by atoms with Crippen LogP contribution in [0.5, 0.6) is 0 Å². The fraction of sp³-hybridized carbons (Fsp3) is 0.407. The molecule has 0 aliphatic heterocycles. The highest BCUT2D eigenvalue weighted by Gasteiger charge is 2.56. The minimum absolute atomic E-state index is 0.115. The van der Waals surface area contributed by atoms with Gasteiger partial charge in [0.05, 0.1) is 18.2 Å². The zero-order chi connectivity index (χ0) is 22.9. The highest BCUT2D eigenvalue weighted by Crippen LogP contribution is 2.63. The Kier molecular flexibility index (Phi) is 4.32. The second kappa shape index (κ2) is 6.38. The first-order valence-corrected chi connectivity index (χ1v) is 10.6. The van der Waals surface area contributed by atoms with Crippen LogP contribution in [0.15, 0.2) is 24.3 Å². The van der Waals surface area contributed by atoms with E-state index in [-0.39, 0.29) is 27.8 Å². The maximum Gasteiger partial charge on any atom is 0.198 e. The van der Waals surface area contributed by atoms with Gasteiger partial charge in [-0.05, 0) is 71.9 Å². The number of nitrogens with zero attached hydrogens (tertiary/aromatic N) is 2. The molecule has 1 unspecified atom stereocenters. The molecule has 1 spiro atoms. The van der Waals surface area contributed by atoms with Crippen molar-refractivity contribution < 1.29 is 9.59 Å². The Hall–Kier alpha value is -3.24. The fourth-order valence-corrected chi connectivity index (χ4v) is 6.15. The number of ketones is 2. The van der Waals surface area contributed by atoms with Crippen LogP contribution in [0.3, 0.4) is 0 Å². The van der Waals surface area contributed by atoms with Gasteiger partial charge in [0.1, 0.15) is 5.78 Å². The number of hydrogen-bond donors (Lipinski definition) is 0. The lowest BCUT2D eigenvalue weighted by atomic mass is 9.72. The summed E-state index contributed by atoms with van der Waals surface area (Å²) in [6.45, 7) is 19.3. The van der Waals surface area contributed by atoms with Gasteiger partial charge < -0.3 is 0 Å². The van der Waals surface area contributed by atoms with Crippen molar-refractivity contribution in [2.75, 3.05) is 0 Å². The molecule has 0 heterocycles. The number of carbonyl (C=O) groups is 2. The molecular weight excluding hydrogens is 384 g/mol. The molecule has 2 aromatic carbocycles. The van der Waals surface area contributed by atoms with Crippen molar-refractivity contribution in [1.82, 2.24) is 0 Å². The molecule has 0 amide bonds. The molecule has 4 heteroatoms. The van der Waals surface area contributed by atoms with Crippen LogP contribution in [0, 0.1) is 17.9 Å². The molecule has 0 N–H and O–H groups in total. The predicted octanol–water partition coefficient (Wildman–Crippen LogP) is 6.16. The highest BCUT2D eigenvalue weighted by molar-refractivity contribution is 6.01. The van der Waals surface area contributed by atoms with E-state index in [0.29, 0.717) is 22.4 Å². The Morgan fingerprint density at radius 1 is 0.871 bits per heavy atom. The Morgan fingerprint density at radius 2 is 1.35 bits per heavy atom. The van der Waals surface area contributed by atoms with Crippen LogP contribution < -0.4 is 0 Å². The topological polar surface area (TPSA) is 62.3 Å². The van der Waals surface area contributed by atoms with Crippen molar-refractivity contribution in [3.8, 4) is 6.07 Å². The molecule has 0 bridgehead atoms. The fourth-order valence-electron chi connectivity index (χ4n) is 6.15. The summed E-state index contributed by atoms with van der Waals surface area (Å²) in [6, 6.07) is 9.84. The van der Waals surface area contributed by atoms with Gasteiger partial charge in [0.2, 0.25) is 0 Å². The van der Waals surface area contributed by atoms with Crippen molar-refractivity contribution in [3.63, 3.8) is 0 Å². The molecular formula is C27H26N2O2. The van der Waals surface area contributed by atoms with E-state index in [2.05, 4.69) is 38.6 Å². The van der Waals surface area contributed by atoms with Gasteiger partial charge in [0.15, 0.2) is 11.5 Å². The van der Waals surface area contributed by atoms with E-state index in [4.69, 9.17) is 6.57 Å². The summed E-state index contributed by atoms with van der Waals surface area (Å²) in [5.74, 6) is -0.236. The number of rotatable bonds is 2. The number of hydrogen-bond acceptors (Lipinski definition) is 3.